The Morgan fingerprint density at radius 3 is 3.00 bits per heavy atom. The molecule has 0 bridgehead atoms. The van der Waals surface area contributed by atoms with Gasteiger partial charge in [-0.25, -0.2) is 0 Å². The summed E-state index contributed by atoms with van der Waals surface area (Å²) in [6.07, 6.45) is 9.71. The van der Waals surface area contributed by atoms with Crippen LogP contribution < -0.4 is 0 Å². The van der Waals surface area contributed by atoms with Gasteiger partial charge in [0, 0.05) is 0 Å². The van der Waals surface area contributed by atoms with Gasteiger partial charge in [0.1, 0.15) is 0 Å². The maximum atomic E-state index is 2.48. The van der Waals surface area contributed by atoms with E-state index in [1.165, 1.54) is 32.1 Å². The Hall–Kier alpha value is -0.260. The van der Waals surface area contributed by atoms with E-state index in [0.29, 0.717) is 0 Å². The highest BCUT2D eigenvalue weighted by Crippen LogP contribution is 2.42. The van der Waals surface area contributed by atoms with Gasteiger partial charge in [0.05, 0.1) is 0 Å². The average Bonchev–Trinajstić information content (AvgIpc) is 2.04. The second-order valence-corrected chi connectivity index (χ2v) is 4.82. The van der Waals surface area contributed by atoms with Crippen LogP contribution in [0.5, 0.6) is 0 Å². The third-order valence-electron chi connectivity index (χ3n) is 3.89. The Morgan fingerprint density at radius 1 is 1.33 bits per heavy atom. The van der Waals surface area contributed by atoms with E-state index in [1.54, 1.807) is 5.57 Å². The highest BCUT2D eigenvalue weighted by atomic mass is 14.4. The van der Waals surface area contributed by atoms with Crippen molar-refractivity contribution in [1.29, 1.82) is 0 Å². The van der Waals surface area contributed by atoms with E-state index in [1.807, 2.05) is 0 Å². The minimum absolute atomic E-state index is 0.994. The maximum absolute atomic E-state index is 2.48. The van der Waals surface area contributed by atoms with E-state index in [9.17, 15) is 0 Å². The lowest BCUT2D eigenvalue weighted by atomic mass is 9.67. The van der Waals surface area contributed by atoms with Crippen LogP contribution in [-0.4, -0.2) is 0 Å². The number of fused-ring (bicyclic) bond motifs is 1. The third kappa shape index (κ3) is 1.44. The summed E-state index contributed by atoms with van der Waals surface area (Å²) in [4.78, 5) is 0. The standard InChI is InChI=1S/C12H20/c1-9-6-7-12-10(2)4-3-5-11(12)8-9/h6,10-12H,3-5,7-8H2,1-2H3. The molecule has 2 aliphatic rings. The summed E-state index contributed by atoms with van der Waals surface area (Å²) in [5.74, 6) is 3.06. The molecule has 12 heavy (non-hydrogen) atoms. The largest absolute Gasteiger partial charge is 0.0853 e. The molecule has 0 aromatic rings. The monoisotopic (exact) mass is 164 g/mol. The zero-order chi connectivity index (χ0) is 8.55. The van der Waals surface area contributed by atoms with Crippen molar-refractivity contribution in [2.45, 2.75) is 46.0 Å². The summed E-state index contributed by atoms with van der Waals surface area (Å²) in [5, 5.41) is 0. The average molecular weight is 164 g/mol. The van der Waals surface area contributed by atoms with Crippen molar-refractivity contribution in [1.82, 2.24) is 0 Å². The van der Waals surface area contributed by atoms with Crippen molar-refractivity contribution in [3.05, 3.63) is 11.6 Å². The maximum Gasteiger partial charge on any atom is -0.0292 e. The van der Waals surface area contributed by atoms with Gasteiger partial charge in [0.25, 0.3) is 0 Å². The zero-order valence-corrected chi connectivity index (χ0v) is 8.34. The van der Waals surface area contributed by atoms with Gasteiger partial charge in [-0.05, 0) is 43.9 Å². The van der Waals surface area contributed by atoms with Crippen LogP contribution >= 0.6 is 0 Å². The van der Waals surface area contributed by atoms with Crippen molar-refractivity contribution in [2.24, 2.45) is 17.8 Å². The SMILES string of the molecule is CC1=CCC2C(C)CCCC2C1. The molecule has 0 amide bonds. The molecule has 3 atom stereocenters. The van der Waals surface area contributed by atoms with Gasteiger partial charge in [-0.2, -0.15) is 0 Å². The van der Waals surface area contributed by atoms with E-state index in [4.69, 9.17) is 0 Å². The predicted molar refractivity (Wildman–Crippen MR) is 53.0 cm³/mol. The quantitative estimate of drug-likeness (QED) is 0.478. The first kappa shape index (κ1) is 8.34. The second-order valence-electron chi connectivity index (χ2n) is 4.82. The molecule has 0 spiro atoms. The molecule has 0 heterocycles. The summed E-state index contributed by atoms with van der Waals surface area (Å²) in [6.45, 7) is 4.75. The van der Waals surface area contributed by atoms with Crippen LogP contribution in [0.15, 0.2) is 11.6 Å². The minimum atomic E-state index is 0.994. The lowest BCUT2D eigenvalue weighted by molar-refractivity contribution is 0.157. The summed E-state index contributed by atoms with van der Waals surface area (Å²) < 4.78 is 0. The Kier molecular flexibility index (Phi) is 2.25. The van der Waals surface area contributed by atoms with E-state index < -0.39 is 0 Å². The van der Waals surface area contributed by atoms with Crippen LogP contribution in [0.2, 0.25) is 0 Å². The van der Waals surface area contributed by atoms with Gasteiger partial charge in [-0.3, -0.25) is 0 Å². The first-order valence-electron chi connectivity index (χ1n) is 5.43. The Morgan fingerprint density at radius 2 is 2.17 bits per heavy atom. The molecular formula is C12H20. The number of hydrogen-bond donors (Lipinski definition) is 0. The number of rotatable bonds is 0. The van der Waals surface area contributed by atoms with Crippen LogP contribution in [0, 0.1) is 17.8 Å². The van der Waals surface area contributed by atoms with Crippen molar-refractivity contribution in [3.8, 4) is 0 Å². The Bertz CT molecular complexity index is 190. The Balaban J connectivity index is 2.09. The van der Waals surface area contributed by atoms with Crippen LogP contribution in [-0.2, 0) is 0 Å². The molecule has 0 nitrogen and oxygen atoms in total. The molecule has 0 saturated heterocycles. The lowest BCUT2D eigenvalue weighted by Gasteiger charge is -2.39. The molecule has 0 radical (unpaired) electrons. The molecule has 1 saturated carbocycles. The van der Waals surface area contributed by atoms with Gasteiger partial charge < -0.3 is 0 Å². The predicted octanol–water partition coefficient (Wildman–Crippen LogP) is 3.78. The van der Waals surface area contributed by atoms with Crippen LogP contribution in [0.4, 0.5) is 0 Å². The molecule has 0 heteroatoms. The van der Waals surface area contributed by atoms with Crippen molar-refractivity contribution < 1.29 is 0 Å². The molecule has 1 fully saturated rings. The molecule has 3 unspecified atom stereocenters. The van der Waals surface area contributed by atoms with Crippen LogP contribution in [0.1, 0.15) is 46.0 Å². The van der Waals surface area contributed by atoms with Crippen molar-refractivity contribution in [2.75, 3.05) is 0 Å². The van der Waals surface area contributed by atoms with E-state index in [2.05, 4.69) is 19.9 Å². The van der Waals surface area contributed by atoms with E-state index in [0.717, 1.165) is 17.8 Å². The minimum Gasteiger partial charge on any atom is -0.0853 e. The lowest BCUT2D eigenvalue weighted by Crippen LogP contribution is -2.28. The highest BCUT2D eigenvalue weighted by molar-refractivity contribution is 5.07. The molecule has 68 valence electrons. The fourth-order valence-corrected chi connectivity index (χ4v) is 3.11. The first-order chi connectivity index (χ1) is 5.77. The smallest absolute Gasteiger partial charge is 0.0292 e. The van der Waals surface area contributed by atoms with E-state index in [-0.39, 0.29) is 0 Å². The normalized spacial score (nSPS) is 41.8. The van der Waals surface area contributed by atoms with Crippen molar-refractivity contribution in [3.63, 3.8) is 0 Å². The molecule has 0 N–H and O–H groups in total. The van der Waals surface area contributed by atoms with Gasteiger partial charge >= 0.3 is 0 Å². The second kappa shape index (κ2) is 3.24. The zero-order valence-electron chi connectivity index (χ0n) is 8.34. The Labute approximate surface area is 76.1 Å². The number of hydrogen-bond acceptors (Lipinski definition) is 0. The molecular weight excluding hydrogens is 144 g/mol. The van der Waals surface area contributed by atoms with Gasteiger partial charge in [0.15, 0.2) is 0 Å². The molecule has 2 aliphatic carbocycles. The van der Waals surface area contributed by atoms with Crippen molar-refractivity contribution >= 4 is 0 Å². The summed E-state index contributed by atoms with van der Waals surface area (Å²) in [6, 6.07) is 0. The van der Waals surface area contributed by atoms with Gasteiger partial charge in [0.2, 0.25) is 0 Å². The van der Waals surface area contributed by atoms with Crippen LogP contribution in [0.3, 0.4) is 0 Å². The molecule has 2 rings (SSSR count). The fourth-order valence-electron chi connectivity index (χ4n) is 3.11. The number of allylic oxidation sites excluding steroid dienone is 2. The summed E-state index contributed by atoms with van der Waals surface area (Å²) >= 11 is 0. The first-order valence-corrected chi connectivity index (χ1v) is 5.43. The highest BCUT2D eigenvalue weighted by Gasteiger charge is 2.31. The topological polar surface area (TPSA) is 0 Å². The molecule has 0 aliphatic heterocycles. The fraction of sp³-hybridized carbons (Fsp3) is 0.833. The summed E-state index contributed by atoms with van der Waals surface area (Å²) in [5.41, 5.74) is 1.64. The van der Waals surface area contributed by atoms with Gasteiger partial charge in [-0.15, -0.1) is 0 Å². The summed E-state index contributed by atoms with van der Waals surface area (Å²) in [7, 11) is 0. The third-order valence-corrected chi connectivity index (χ3v) is 3.89. The molecule has 0 aromatic carbocycles. The van der Waals surface area contributed by atoms with E-state index >= 15 is 0 Å². The van der Waals surface area contributed by atoms with Crippen LogP contribution in [0.25, 0.3) is 0 Å². The van der Waals surface area contributed by atoms with Gasteiger partial charge in [-0.1, -0.05) is 31.4 Å². The molecule has 0 aromatic heterocycles.